The van der Waals surface area contributed by atoms with Gasteiger partial charge in [0.1, 0.15) is 0 Å². The highest BCUT2D eigenvalue weighted by Gasteiger charge is 2.14. The molecule has 3 rings (SSSR count). The van der Waals surface area contributed by atoms with Crippen LogP contribution in [-0.2, 0) is 0 Å². The predicted molar refractivity (Wildman–Crippen MR) is 87.4 cm³/mol. The fourth-order valence-electron chi connectivity index (χ4n) is 2.47. The average molecular weight is 295 g/mol. The molecule has 0 aliphatic carbocycles. The van der Waals surface area contributed by atoms with E-state index in [0.29, 0.717) is 0 Å². The summed E-state index contributed by atoms with van der Waals surface area (Å²) < 4.78 is 0. The van der Waals surface area contributed by atoms with E-state index in [0.717, 1.165) is 28.1 Å². The van der Waals surface area contributed by atoms with E-state index >= 15 is 0 Å². The molecule has 3 heteroatoms. The molecule has 0 atom stereocenters. The van der Waals surface area contributed by atoms with Gasteiger partial charge < -0.3 is 0 Å². The fourth-order valence-corrected chi connectivity index (χ4v) is 2.64. The second kappa shape index (κ2) is 5.66. The van der Waals surface area contributed by atoms with Crippen LogP contribution < -0.4 is 0 Å². The van der Waals surface area contributed by atoms with Crippen molar-refractivity contribution in [1.82, 2.24) is 9.97 Å². The van der Waals surface area contributed by atoms with E-state index in [1.165, 1.54) is 5.56 Å². The van der Waals surface area contributed by atoms with Crippen molar-refractivity contribution in [3.63, 3.8) is 0 Å². The molecule has 1 heterocycles. The van der Waals surface area contributed by atoms with Crippen molar-refractivity contribution in [2.75, 3.05) is 0 Å². The van der Waals surface area contributed by atoms with Crippen molar-refractivity contribution < 1.29 is 0 Å². The lowest BCUT2D eigenvalue weighted by Gasteiger charge is -2.12. The Morgan fingerprint density at radius 3 is 2.10 bits per heavy atom. The van der Waals surface area contributed by atoms with E-state index in [-0.39, 0.29) is 5.28 Å². The third kappa shape index (κ3) is 2.67. The lowest BCUT2D eigenvalue weighted by Crippen LogP contribution is -1.98. The van der Waals surface area contributed by atoms with Gasteiger partial charge in [0.05, 0.1) is 11.4 Å². The number of hydrogen-bond donors (Lipinski definition) is 0. The maximum atomic E-state index is 6.15. The largest absolute Gasteiger partial charge is 0.223 e. The van der Waals surface area contributed by atoms with Crippen LogP contribution in [0.2, 0.25) is 5.28 Å². The third-order valence-electron chi connectivity index (χ3n) is 3.57. The number of aromatic nitrogens is 2. The monoisotopic (exact) mass is 294 g/mol. The van der Waals surface area contributed by atoms with Crippen molar-refractivity contribution in [2.24, 2.45) is 0 Å². The SMILES string of the molecule is Cc1ccccc1-c1nc(Cl)nc(-c2ccccc2)c1C. The first-order chi connectivity index (χ1) is 10.2. The third-order valence-corrected chi connectivity index (χ3v) is 3.73. The van der Waals surface area contributed by atoms with Gasteiger partial charge >= 0.3 is 0 Å². The minimum Gasteiger partial charge on any atom is -0.218 e. The van der Waals surface area contributed by atoms with Gasteiger partial charge in [0.15, 0.2) is 0 Å². The van der Waals surface area contributed by atoms with Gasteiger partial charge in [-0.05, 0) is 31.0 Å². The van der Waals surface area contributed by atoms with Crippen LogP contribution in [0.15, 0.2) is 54.6 Å². The summed E-state index contributed by atoms with van der Waals surface area (Å²) in [5.74, 6) is 0. The Morgan fingerprint density at radius 1 is 0.762 bits per heavy atom. The Kier molecular flexibility index (Phi) is 3.72. The van der Waals surface area contributed by atoms with Gasteiger partial charge in [-0.15, -0.1) is 0 Å². The maximum Gasteiger partial charge on any atom is 0.223 e. The molecule has 0 spiro atoms. The van der Waals surface area contributed by atoms with E-state index in [1.54, 1.807) is 0 Å². The molecule has 0 amide bonds. The summed E-state index contributed by atoms with van der Waals surface area (Å²) in [7, 11) is 0. The van der Waals surface area contributed by atoms with Gasteiger partial charge in [0.2, 0.25) is 5.28 Å². The summed E-state index contributed by atoms with van der Waals surface area (Å²) in [6.07, 6.45) is 0. The molecule has 3 aromatic rings. The normalized spacial score (nSPS) is 10.6. The van der Waals surface area contributed by atoms with Crippen LogP contribution in [0.3, 0.4) is 0 Å². The Hall–Kier alpha value is -2.19. The first-order valence-electron chi connectivity index (χ1n) is 6.82. The predicted octanol–water partition coefficient (Wildman–Crippen LogP) is 5.08. The van der Waals surface area contributed by atoms with E-state index in [1.807, 2.05) is 49.4 Å². The molecule has 0 aliphatic rings. The van der Waals surface area contributed by atoms with Gasteiger partial charge in [-0.25, -0.2) is 9.97 Å². The zero-order valence-electron chi connectivity index (χ0n) is 12.0. The number of aryl methyl sites for hydroxylation is 1. The fraction of sp³-hybridized carbons (Fsp3) is 0.111. The minimum absolute atomic E-state index is 0.276. The summed E-state index contributed by atoms with van der Waals surface area (Å²) in [5, 5.41) is 0.276. The Balaban J connectivity index is 2.25. The zero-order chi connectivity index (χ0) is 14.8. The first-order valence-corrected chi connectivity index (χ1v) is 7.20. The zero-order valence-corrected chi connectivity index (χ0v) is 12.7. The highest BCUT2D eigenvalue weighted by molar-refractivity contribution is 6.28. The lowest BCUT2D eigenvalue weighted by molar-refractivity contribution is 1.14. The second-order valence-corrected chi connectivity index (χ2v) is 5.33. The quantitative estimate of drug-likeness (QED) is 0.616. The average Bonchev–Trinajstić information content (AvgIpc) is 2.51. The topological polar surface area (TPSA) is 25.8 Å². The van der Waals surface area contributed by atoms with E-state index < -0.39 is 0 Å². The van der Waals surface area contributed by atoms with Crippen LogP contribution in [0, 0.1) is 13.8 Å². The standard InChI is InChI=1S/C18H15ClN2/c1-12-8-6-7-11-15(12)17-13(2)16(20-18(19)21-17)14-9-4-3-5-10-14/h3-11H,1-2H3. The van der Waals surface area contributed by atoms with Crippen LogP contribution in [0.25, 0.3) is 22.5 Å². The molecule has 1 aromatic heterocycles. The number of hydrogen-bond acceptors (Lipinski definition) is 2. The minimum atomic E-state index is 0.276. The smallest absolute Gasteiger partial charge is 0.218 e. The van der Waals surface area contributed by atoms with Crippen molar-refractivity contribution in [3.05, 3.63) is 71.0 Å². The van der Waals surface area contributed by atoms with Crippen LogP contribution in [0.1, 0.15) is 11.1 Å². The first kappa shape index (κ1) is 13.8. The molecule has 2 aromatic carbocycles. The van der Waals surface area contributed by atoms with Crippen molar-refractivity contribution in [1.29, 1.82) is 0 Å². The van der Waals surface area contributed by atoms with Crippen LogP contribution in [0.5, 0.6) is 0 Å². The molecule has 0 radical (unpaired) electrons. The van der Waals surface area contributed by atoms with Gasteiger partial charge in [0.25, 0.3) is 0 Å². The molecule has 0 N–H and O–H groups in total. The van der Waals surface area contributed by atoms with Gasteiger partial charge in [0, 0.05) is 16.7 Å². The molecular weight excluding hydrogens is 280 g/mol. The van der Waals surface area contributed by atoms with Crippen molar-refractivity contribution >= 4 is 11.6 Å². The number of rotatable bonds is 2. The van der Waals surface area contributed by atoms with Gasteiger partial charge in [-0.1, -0.05) is 54.6 Å². The Labute approximate surface area is 129 Å². The highest BCUT2D eigenvalue weighted by atomic mass is 35.5. The van der Waals surface area contributed by atoms with E-state index in [2.05, 4.69) is 29.0 Å². The molecule has 104 valence electrons. The summed E-state index contributed by atoms with van der Waals surface area (Å²) in [6, 6.07) is 18.2. The van der Waals surface area contributed by atoms with Crippen LogP contribution in [-0.4, -0.2) is 9.97 Å². The Bertz CT molecular complexity index is 782. The molecule has 0 saturated carbocycles. The second-order valence-electron chi connectivity index (χ2n) is 5.00. The molecule has 0 aliphatic heterocycles. The van der Waals surface area contributed by atoms with Crippen molar-refractivity contribution in [2.45, 2.75) is 13.8 Å². The summed E-state index contributed by atoms with van der Waals surface area (Å²) in [5.41, 5.74) is 6.14. The molecule has 0 bridgehead atoms. The number of halogens is 1. The molecule has 0 fully saturated rings. The van der Waals surface area contributed by atoms with E-state index in [9.17, 15) is 0 Å². The van der Waals surface area contributed by atoms with Gasteiger partial charge in [-0.3, -0.25) is 0 Å². The van der Waals surface area contributed by atoms with E-state index in [4.69, 9.17) is 11.6 Å². The highest BCUT2D eigenvalue weighted by Crippen LogP contribution is 2.31. The summed E-state index contributed by atoms with van der Waals surface area (Å²) >= 11 is 6.15. The number of nitrogens with zero attached hydrogens (tertiary/aromatic N) is 2. The molecular formula is C18H15ClN2. The Morgan fingerprint density at radius 2 is 1.38 bits per heavy atom. The molecule has 21 heavy (non-hydrogen) atoms. The summed E-state index contributed by atoms with van der Waals surface area (Å²) in [6.45, 7) is 4.12. The molecule has 2 nitrogen and oxygen atoms in total. The number of benzene rings is 2. The van der Waals surface area contributed by atoms with Crippen LogP contribution >= 0.6 is 11.6 Å². The lowest BCUT2D eigenvalue weighted by atomic mass is 9.99. The van der Waals surface area contributed by atoms with Crippen molar-refractivity contribution in [3.8, 4) is 22.5 Å². The maximum absolute atomic E-state index is 6.15. The van der Waals surface area contributed by atoms with Crippen LogP contribution in [0.4, 0.5) is 0 Å². The summed E-state index contributed by atoms with van der Waals surface area (Å²) in [4.78, 5) is 8.86. The molecule has 0 saturated heterocycles. The molecule has 0 unspecified atom stereocenters. The van der Waals surface area contributed by atoms with Gasteiger partial charge in [-0.2, -0.15) is 0 Å².